The van der Waals surface area contributed by atoms with Crippen LogP contribution in [0, 0.1) is 13.8 Å². The van der Waals surface area contributed by atoms with Gasteiger partial charge in [0.05, 0.1) is 5.69 Å². The maximum absolute atomic E-state index is 6.07. The average molecular weight is 278 g/mol. The second-order valence-electron chi connectivity index (χ2n) is 5.27. The van der Waals surface area contributed by atoms with Crippen LogP contribution in [0.25, 0.3) is 22.3 Å². The summed E-state index contributed by atoms with van der Waals surface area (Å²) in [5.74, 6) is 0.531. The molecule has 3 rings (SSSR count). The summed E-state index contributed by atoms with van der Waals surface area (Å²) in [6.07, 6.45) is 3.80. The number of aryl methyl sites for hydroxylation is 3. The van der Waals surface area contributed by atoms with Gasteiger partial charge in [0, 0.05) is 36.1 Å². The summed E-state index contributed by atoms with van der Waals surface area (Å²) in [4.78, 5) is 4.36. The molecule has 0 atom stereocenters. The first-order valence-electron chi connectivity index (χ1n) is 6.88. The Morgan fingerprint density at radius 1 is 1.05 bits per heavy atom. The van der Waals surface area contributed by atoms with Crippen LogP contribution in [-0.2, 0) is 7.05 Å². The van der Waals surface area contributed by atoms with Crippen LogP contribution in [0.3, 0.4) is 0 Å². The normalized spacial score (nSPS) is 10.8. The molecule has 0 saturated carbocycles. The zero-order valence-corrected chi connectivity index (χ0v) is 12.5. The SMILES string of the molecule is Cc1ccccc1-c1cnc(N)c(-c2cn(C)nc2C)c1. The molecule has 0 bridgehead atoms. The van der Waals surface area contributed by atoms with Gasteiger partial charge in [-0.1, -0.05) is 24.3 Å². The van der Waals surface area contributed by atoms with E-state index in [0.717, 1.165) is 22.4 Å². The number of nitrogens with two attached hydrogens (primary N) is 1. The lowest BCUT2D eigenvalue weighted by Crippen LogP contribution is -1.96. The predicted octanol–water partition coefficient (Wildman–Crippen LogP) is 3.35. The summed E-state index contributed by atoms with van der Waals surface area (Å²) in [5, 5.41) is 4.38. The minimum atomic E-state index is 0.531. The molecule has 0 aliphatic carbocycles. The van der Waals surface area contributed by atoms with Crippen molar-refractivity contribution in [3.63, 3.8) is 0 Å². The van der Waals surface area contributed by atoms with E-state index in [9.17, 15) is 0 Å². The third-order valence-corrected chi connectivity index (χ3v) is 3.68. The molecule has 3 aromatic rings. The van der Waals surface area contributed by atoms with Gasteiger partial charge in [-0.05, 0) is 31.0 Å². The van der Waals surface area contributed by atoms with Crippen molar-refractivity contribution in [2.75, 3.05) is 5.73 Å². The van der Waals surface area contributed by atoms with Gasteiger partial charge < -0.3 is 5.73 Å². The minimum Gasteiger partial charge on any atom is -0.383 e. The largest absolute Gasteiger partial charge is 0.383 e. The number of hydrogen-bond acceptors (Lipinski definition) is 3. The first kappa shape index (κ1) is 13.4. The summed E-state index contributed by atoms with van der Waals surface area (Å²) in [5.41, 5.74) is 12.4. The molecule has 0 aliphatic heterocycles. The molecule has 21 heavy (non-hydrogen) atoms. The van der Waals surface area contributed by atoms with E-state index in [1.54, 1.807) is 4.68 Å². The zero-order valence-electron chi connectivity index (χ0n) is 12.5. The molecule has 0 unspecified atom stereocenters. The Labute approximate surface area is 124 Å². The van der Waals surface area contributed by atoms with Gasteiger partial charge in [-0.2, -0.15) is 5.10 Å². The minimum absolute atomic E-state index is 0.531. The van der Waals surface area contributed by atoms with Gasteiger partial charge in [0.2, 0.25) is 0 Å². The molecule has 0 spiro atoms. The number of nitrogens with zero attached hydrogens (tertiary/aromatic N) is 3. The Morgan fingerprint density at radius 2 is 1.81 bits per heavy atom. The molecule has 4 heteroatoms. The van der Waals surface area contributed by atoms with Gasteiger partial charge in [-0.3, -0.25) is 4.68 Å². The van der Waals surface area contributed by atoms with Crippen LogP contribution in [0.5, 0.6) is 0 Å². The van der Waals surface area contributed by atoms with Gasteiger partial charge >= 0.3 is 0 Å². The molecule has 2 N–H and O–H groups in total. The van der Waals surface area contributed by atoms with E-state index < -0.39 is 0 Å². The van der Waals surface area contributed by atoms with E-state index in [0.29, 0.717) is 5.82 Å². The molecule has 2 aromatic heterocycles. The molecular formula is C17H18N4. The standard InChI is InChI=1S/C17H18N4/c1-11-6-4-5-7-14(11)13-8-15(17(18)19-9-13)16-10-21(3)20-12(16)2/h4-10H,1-3H3,(H2,18,19). The molecule has 0 aliphatic rings. The lowest BCUT2D eigenvalue weighted by atomic mass is 9.98. The molecular weight excluding hydrogens is 260 g/mol. The number of rotatable bonds is 2. The Bertz CT molecular complexity index is 802. The van der Waals surface area contributed by atoms with E-state index in [1.165, 1.54) is 11.1 Å². The first-order chi connectivity index (χ1) is 10.1. The van der Waals surface area contributed by atoms with Crippen molar-refractivity contribution in [1.82, 2.24) is 14.8 Å². The zero-order chi connectivity index (χ0) is 15.0. The highest BCUT2D eigenvalue weighted by atomic mass is 15.2. The van der Waals surface area contributed by atoms with Gasteiger partial charge in [-0.15, -0.1) is 0 Å². The molecule has 4 nitrogen and oxygen atoms in total. The predicted molar refractivity (Wildman–Crippen MR) is 85.8 cm³/mol. The van der Waals surface area contributed by atoms with Crippen LogP contribution >= 0.6 is 0 Å². The third kappa shape index (κ3) is 2.40. The maximum Gasteiger partial charge on any atom is 0.131 e. The summed E-state index contributed by atoms with van der Waals surface area (Å²) in [6.45, 7) is 4.08. The first-order valence-corrected chi connectivity index (χ1v) is 6.88. The van der Waals surface area contributed by atoms with Crippen molar-refractivity contribution in [1.29, 1.82) is 0 Å². The molecule has 1 aromatic carbocycles. The molecule has 2 heterocycles. The molecule has 0 radical (unpaired) electrons. The van der Waals surface area contributed by atoms with E-state index >= 15 is 0 Å². The summed E-state index contributed by atoms with van der Waals surface area (Å²) >= 11 is 0. The number of hydrogen-bond donors (Lipinski definition) is 1. The highest BCUT2D eigenvalue weighted by molar-refractivity contribution is 5.80. The van der Waals surface area contributed by atoms with Crippen LogP contribution in [0.4, 0.5) is 5.82 Å². The third-order valence-electron chi connectivity index (χ3n) is 3.68. The maximum atomic E-state index is 6.07. The van der Waals surface area contributed by atoms with Gasteiger partial charge in [0.1, 0.15) is 5.82 Å². The van der Waals surface area contributed by atoms with Crippen LogP contribution in [-0.4, -0.2) is 14.8 Å². The molecule has 106 valence electrons. The van der Waals surface area contributed by atoms with Crippen molar-refractivity contribution in [2.24, 2.45) is 7.05 Å². The fraction of sp³-hybridized carbons (Fsp3) is 0.176. The van der Waals surface area contributed by atoms with Gasteiger partial charge in [0.15, 0.2) is 0 Å². The monoisotopic (exact) mass is 278 g/mol. The van der Waals surface area contributed by atoms with E-state index in [1.807, 2.05) is 38.5 Å². The number of anilines is 1. The fourth-order valence-electron chi connectivity index (χ4n) is 2.60. The Hall–Kier alpha value is -2.62. The van der Waals surface area contributed by atoms with Crippen molar-refractivity contribution < 1.29 is 0 Å². The van der Waals surface area contributed by atoms with Crippen LogP contribution < -0.4 is 5.73 Å². The number of nitrogen functional groups attached to an aromatic ring is 1. The van der Waals surface area contributed by atoms with E-state index in [4.69, 9.17) is 5.73 Å². The van der Waals surface area contributed by atoms with E-state index in [2.05, 4.69) is 35.2 Å². The number of benzene rings is 1. The van der Waals surface area contributed by atoms with Crippen molar-refractivity contribution in [3.8, 4) is 22.3 Å². The molecule has 0 fully saturated rings. The van der Waals surface area contributed by atoms with Crippen LogP contribution in [0.2, 0.25) is 0 Å². The lowest BCUT2D eigenvalue weighted by Gasteiger charge is -2.09. The highest BCUT2D eigenvalue weighted by Gasteiger charge is 2.12. The number of pyridine rings is 1. The Morgan fingerprint density at radius 3 is 2.48 bits per heavy atom. The van der Waals surface area contributed by atoms with Crippen molar-refractivity contribution in [2.45, 2.75) is 13.8 Å². The van der Waals surface area contributed by atoms with Gasteiger partial charge in [-0.25, -0.2) is 4.98 Å². The summed E-state index contributed by atoms with van der Waals surface area (Å²) in [7, 11) is 1.91. The summed E-state index contributed by atoms with van der Waals surface area (Å²) < 4.78 is 1.80. The van der Waals surface area contributed by atoms with Gasteiger partial charge in [0.25, 0.3) is 0 Å². The smallest absolute Gasteiger partial charge is 0.131 e. The Kier molecular flexibility index (Phi) is 3.22. The quantitative estimate of drug-likeness (QED) is 0.782. The second kappa shape index (κ2) is 5.05. The average Bonchev–Trinajstić information content (AvgIpc) is 2.79. The fourth-order valence-corrected chi connectivity index (χ4v) is 2.60. The Balaban J connectivity index is 2.18. The molecule has 0 amide bonds. The molecule has 0 saturated heterocycles. The highest BCUT2D eigenvalue weighted by Crippen LogP contribution is 2.32. The van der Waals surface area contributed by atoms with Crippen molar-refractivity contribution in [3.05, 3.63) is 54.0 Å². The summed E-state index contributed by atoms with van der Waals surface area (Å²) in [6, 6.07) is 10.4. The van der Waals surface area contributed by atoms with Crippen molar-refractivity contribution >= 4 is 5.82 Å². The van der Waals surface area contributed by atoms with Crippen LogP contribution in [0.15, 0.2) is 42.7 Å². The van der Waals surface area contributed by atoms with Crippen LogP contribution in [0.1, 0.15) is 11.3 Å². The second-order valence-corrected chi connectivity index (χ2v) is 5.27. The topological polar surface area (TPSA) is 56.7 Å². The number of aromatic nitrogens is 3. The lowest BCUT2D eigenvalue weighted by molar-refractivity contribution is 0.756. The van der Waals surface area contributed by atoms with E-state index in [-0.39, 0.29) is 0 Å².